The van der Waals surface area contributed by atoms with Crippen LogP contribution in [0.1, 0.15) is 12.5 Å². The number of aromatic nitrogens is 2. The maximum absolute atomic E-state index is 5.14. The van der Waals surface area contributed by atoms with Gasteiger partial charge in [-0.05, 0) is 13.8 Å². The third kappa shape index (κ3) is 3.07. The Morgan fingerprint density at radius 3 is 2.72 bits per heavy atom. The molecular formula is C13H17N3O2. The predicted octanol–water partition coefficient (Wildman–Crippen LogP) is 2.49. The van der Waals surface area contributed by atoms with Crippen LogP contribution >= 0.6 is 0 Å². The third-order valence-electron chi connectivity index (χ3n) is 2.52. The number of aryl methyl sites for hydroxylation is 1. The second-order valence-corrected chi connectivity index (χ2v) is 4.29. The zero-order valence-corrected chi connectivity index (χ0v) is 10.8. The van der Waals surface area contributed by atoms with Crippen molar-refractivity contribution in [3.63, 3.8) is 0 Å². The monoisotopic (exact) mass is 247 g/mol. The van der Waals surface area contributed by atoms with E-state index in [9.17, 15) is 0 Å². The molecule has 0 bridgehead atoms. The molecule has 0 radical (unpaired) electrons. The summed E-state index contributed by atoms with van der Waals surface area (Å²) in [5.74, 6) is 0.585. The molecule has 5 heteroatoms. The van der Waals surface area contributed by atoms with E-state index in [1.165, 1.54) is 5.56 Å². The molecule has 2 aromatic rings. The van der Waals surface area contributed by atoms with E-state index in [1.807, 2.05) is 38.1 Å². The zero-order valence-electron chi connectivity index (χ0n) is 10.8. The molecule has 0 saturated carbocycles. The summed E-state index contributed by atoms with van der Waals surface area (Å²) in [5, 5.41) is 7.02. The van der Waals surface area contributed by atoms with Crippen molar-refractivity contribution in [2.45, 2.75) is 19.9 Å². The van der Waals surface area contributed by atoms with Crippen LogP contribution in [0.25, 0.3) is 11.4 Å². The Balaban J connectivity index is 2.08. The average Bonchev–Trinajstić information content (AvgIpc) is 2.78. The molecule has 0 aliphatic rings. The van der Waals surface area contributed by atoms with Crippen LogP contribution in [0, 0.1) is 6.92 Å². The Hall–Kier alpha value is -1.88. The lowest BCUT2D eigenvalue weighted by atomic mass is 10.1. The van der Waals surface area contributed by atoms with Crippen LogP contribution < -0.4 is 5.32 Å². The Bertz CT molecular complexity index is 493. The number of hydrogen-bond donors (Lipinski definition) is 1. The summed E-state index contributed by atoms with van der Waals surface area (Å²) >= 11 is 0. The third-order valence-corrected chi connectivity index (χ3v) is 2.52. The lowest BCUT2D eigenvalue weighted by Crippen LogP contribution is -2.20. The molecule has 1 atom stereocenters. The molecule has 0 aliphatic heterocycles. The molecular weight excluding hydrogens is 230 g/mol. The van der Waals surface area contributed by atoms with E-state index in [1.54, 1.807) is 7.11 Å². The molecule has 0 unspecified atom stereocenters. The number of methoxy groups -OCH3 is 1. The van der Waals surface area contributed by atoms with Crippen LogP contribution in [-0.2, 0) is 4.74 Å². The molecule has 18 heavy (non-hydrogen) atoms. The van der Waals surface area contributed by atoms with E-state index in [0.717, 1.165) is 5.56 Å². The molecule has 0 spiro atoms. The van der Waals surface area contributed by atoms with Gasteiger partial charge in [-0.15, -0.1) is 0 Å². The Morgan fingerprint density at radius 1 is 1.33 bits per heavy atom. The minimum Gasteiger partial charge on any atom is -0.383 e. The molecule has 5 nitrogen and oxygen atoms in total. The highest BCUT2D eigenvalue weighted by Gasteiger charge is 2.10. The van der Waals surface area contributed by atoms with Crippen LogP contribution in [0.15, 0.2) is 28.8 Å². The molecule has 0 aliphatic carbocycles. The Morgan fingerprint density at radius 2 is 2.06 bits per heavy atom. The fourth-order valence-electron chi connectivity index (χ4n) is 1.60. The van der Waals surface area contributed by atoms with Crippen LogP contribution in [0.3, 0.4) is 0 Å². The maximum atomic E-state index is 5.14. The Labute approximate surface area is 106 Å². The van der Waals surface area contributed by atoms with Gasteiger partial charge in [-0.3, -0.25) is 0 Å². The van der Waals surface area contributed by atoms with Crippen molar-refractivity contribution in [2.75, 3.05) is 19.0 Å². The Kier molecular flexibility index (Phi) is 3.94. The summed E-state index contributed by atoms with van der Waals surface area (Å²) < 4.78 is 10.2. The zero-order chi connectivity index (χ0) is 13.0. The summed E-state index contributed by atoms with van der Waals surface area (Å²) in [6.45, 7) is 4.61. The lowest BCUT2D eigenvalue weighted by molar-refractivity contribution is 0.189. The molecule has 96 valence electrons. The fraction of sp³-hybridized carbons (Fsp3) is 0.385. The van der Waals surface area contributed by atoms with Gasteiger partial charge in [-0.25, -0.2) is 0 Å². The number of hydrogen-bond acceptors (Lipinski definition) is 5. The largest absolute Gasteiger partial charge is 0.383 e. The molecule has 1 aromatic carbocycles. The van der Waals surface area contributed by atoms with Crippen LogP contribution in [0.5, 0.6) is 0 Å². The summed E-state index contributed by atoms with van der Waals surface area (Å²) in [6.07, 6.45) is 0. The van der Waals surface area contributed by atoms with E-state index in [-0.39, 0.29) is 6.04 Å². The highest BCUT2D eigenvalue weighted by molar-refractivity contribution is 5.55. The molecule has 1 aromatic heterocycles. The van der Waals surface area contributed by atoms with E-state index >= 15 is 0 Å². The standard InChI is InChI=1S/C13H17N3O2/c1-9-4-6-11(7-5-9)12-15-13(18-16-12)14-10(2)8-17-3/h4-7,10H,8H2,1-3H3,(H,14,15,16)/t10-/m0/s1. The number of nitrogens with zero attached hydrogens (tertiary/aromatic N) is 2. The van der Waals surface area contributed by atoms with Gasteiger partial charge in [0.1, 0.15) is 0 Å². The smallest absolute Gasteiger partial charge is 0.322 e. The quantitative estimate of drug-likeness (QED) is 0.879. The number of ether oxygens (including phenoxy) is 1. The second-order valence-electron chi connectivity index (χ2n) is 4.29. The van der Waals surface area contributed by atoms with E-state index in [2.05, 4.69) is 15.5 Å². The first-order valence-electron chi connectivity index (χ1n) is 5.85. The predicted molar refractivity (Wildman–Crippen MR) is 69.4 cm³/mol. The highest BCUT2D eigenvalue weighted by Crippen LogP contribution is 2.18. The summed E-state index contributed by atoms with van der Waals surface area (Å²) in [7, 11) is 1.66. The number of benzene rings is 1. The van der Waals surface area contributed by atoms with Crippen LogP contribution in [-0.4, -0.2) is 29.9 Å². The number of rotatable bonds is 5. The first kappa shape index (κ1) is 12.6. The van der Waals surface area contributed by atoms with Gasteiger partial charge in [0, 0.05) is 12.7 Å². The van der Waals surface area contributed by atoms with Crippen molar-refractivity contribution in [3.8, 4) is 11.4 Å². The van der Waals surface area contributed by atoms with Gasteiger partial charge in [0.15, 0.2) is 0 Å². The molecule has 2 rings (SSSR count). The van der Waals surface area contributed by atoms with E-state index in [0.29, 0.717) is 18.4 Å². The molecule has 0 amide bonds. The SMILES string of the molecule is COC[C@H](C)Nc1nc(-c2ccc(C)cc2)no1. The fourth-order valence-corrected chi connectivity index (χ4v) is 1.60. The second kappa shape index (κ2) is 5.64. The van der Waals surface area contributed by atoms with Crippen molar-refractivity contribution in [3.05, 3.63) is 29.8 Å². The maximum Gasteiger partial charge on any atom is 0.322 e. The molecule has 1 heterocycles. The molecule has 0 saturated heterocycles. The lowest BCUT2D eigenvalue weighted by Gasteiger charge is -2.08. The van der Waals surface area contributed by atoms with Gasteiger partial charge < -0.3 is 14.6 Å². The van der Waals surface area contributed by atoms with E-state index in [4.69, 9.17) is 9.26 Å². The van der Waals surface area contributed by atoms with Crippen LogP contribution in [0.2, 0.25) is 0 Å². The topological polar surface area (TPSA) is 60.2 Å². The van der Waals surface area contributed by atoms with Gasteiger partial charge in [0.25, 0.3) is 0 Å². The number of nitrogens with one attached hydrogen (secondary N) is 1. The van der Waals surface area contributed by atoms with Crippen molar-refractivity contribution in [2.24, 2.45) is 0 Å². The van der Waals surface area contributed by atoms with Crippen molar-refractivity contribution >= 4 is 6.01 Å². The molecule has 1 N–H and O–H groups in total. The van der Waals surface area contributed by atoms with Crippen LogP contribution in [0.4, 0.5) is 6.01 Å². The normalized spacial score (nSPS) is 12.4. The number of anilines is 1. The molecule has 0 fully saturated rings. The first-order chi connectivity index (χ1) is 8.69. The van der Waals surface area contributed by atoms with Gasteiger partial charge in [-0.1, -0.05) is 35.0 Å². The van der Waals surface area contributed by atoms with Crippen molar-refractivity contribution < 1.29 is 9.26 Å². The van der Waals surface area contributed by atoms with Crippen molar-refractivity contribution in [1.82, 2.24) is 10.1 Å². The van der Waals surface area contributed by atoms with Gasteiger partial charge in [0.2, 0.25) is 5.82 Å². The van der Waals surface area contributed by atoms with Gasteiger partial charge >= 0.3 is 6.01 Å². The minimum absolute atomic E-state index is 0.126. The minimum atomic E-state index is 0.126. The highest BCUT2D eigenvalue weighted by atomic mass is 16.5. The summed E-state index contributed by atoms with van der Waals surface area (Å²) in [6, 6.07) is 8.53. The summed E-state index contributed by atoms with van der Waals surface area (Å²) in [5.41, 5.74) is 2.14. The first-order valence-corrected chi connectivity index (χ1v) is 5.85. The van der Waals surface area contributed by atoms with Gasteiger partial charge in [0.05, 0.1) is 12.6 Å². The summed E-state index contributed by atoms with van der Waals surface area (Å²) in [4.78, 5) is 4.29. The average molecular weight is 247 g/mol. The van der Waals surface area contributed by atoms with Crippen molar-refractivity contribution in [1.29, 1.82) is 0 Å². The van der Waals surface area contributed by atoms with Gasteiger partial charge in [-0.2, -0.15) is 4.98 Å². The van der Waals surface area contributed by atoms with E-state index < -0.39 is 0 Å².